The average molecular weight is 1730 g/mol. The quantitative estimate of drug-likeness (QED) is 0.0304. The summed E-state index contributed by atoms with van der Waals surface area (Å²) >= 11 is 0. The molecule has 0 spiro atoms. The number of benzene rings is 1. The van der Waals surface area contributed by atoms with Crippen molar-refractivity contribution in [3.63, 3.8) is 0 Å². The third-order valence-corrected chi connectivity index (χ3v) is 20.8. The van der Waals surface area contributed by atoms with Crippen molar-refractivity contribution in [1.82, 2.24) is 26.6 Å². The second-order valence-electron chi connectivity index (χ2n) is 30.6. The summed E-state index contributed by atoms with van der Waals surface area (Å²) in [5.74, 6) is -3.46. The van der Waals surface area contributed by atoms with Gasteiger partial charge in [-0.2, -0.15) is 0 Å². The normalized spacial score (nSPS) is 24.7. The van der Waals surface area contributed by atoms with E-state index in [1.807, 2.05) is 30.3 Å². The zero-order valence-corrected chi connectivity index (χ0v) is 70.7. The van der Waals surface area contributed by atoms with E-state index in [1.54, 1.807) is 20.8 Å². The summed E-state index contributed by atoms with van der Waals surface area (Å²) in [6.45, 7) is 7.85. The molecule has 4 aliphatic rings. The van der Waals surface area contributed by atoms with Crippen molar-refractivity contribution in [3.05, 3.63) is 35.9 Å². The molecule has 1 aromatic carbocycles. The van der Waals surface area contributed by atoms with Gasteiger partial charge in [-0.1, -0.05) is 89.6 Å². The van der Waals surface area contributed by atoms with Crippen molar-refractivity contribution in [2.45, 2.75) is 223 Å². The Morgan fingerprint density at radius 1 is 0.383 bits per heavy atom. The third kappa shape index (κ3) is 43.7. The van der Waals surface area contributed by atoms with Crippen LogP contribution in [0.15, 0.2) is 30.3 Å². The summed E-state index contributed by atoms with van der Waals surface area (Å²) in [7, 11) is 0. The molecule has 5 rings (SSSR count). The lowest BCUT2D eigenvalue weighted by Crippen LogP contribution is -2.55. The fourth-order valence-electron chi connectivity index (χ4n) is 13.7. The lowest BCUT2D eigenvalue weighted by atomic mass is 9.84. The average Bonchev–Trinajstić information content (AvgIpc) is 1.36. The molecule has 1 aliphatic carbocycles. The summed E-state index contributed by atoms with van der Waals surface area (Å²) in [5, 5.41) is 104. The number of rotatable bonds is 71. The predicted molar refractivity (Wildman–Crippen MR) is 428 cm³/mol. The van der Waals surface area contributed by atoms with Crippen LogP contribution in [0.1, 0.15) is 142 Å². The van der Waals surface area contributed by atoms with E-state index in [-0.39, 0.29) is 240 Å². The predicted octanol–water partition coefficient (Wildman–Crippen LogP) is 0.122. The molecule has 15 atom stereocenters. The van der Waals surface area contributed by atoms with Crippen molar-refractivity contribution in [2.75, 3.05) is 205 Å². The van der Waals surface area contributed by atoms with E-state index in [9.17, 15) is 74.7 Å². The van der Waals surface area contributed by atoms with E-state index < -0.39 is 129 Å². The number of ether oxygens (including phenoxy) is 18. The molecular weight excluding hydrogens is 1580 g/mol. The lowest BCUT2D eigenvalue weighted by molar-refractivity contribution is -0.284. The van der Waals surface area contributed by atoms with Gasteiger partial charge in [0.05, 0.1) is 190 Å². The fraction of sp³-hybridized carbons (Fsp3) is 0.854. The standard InChI is InChI=1S/C82H143N5O33/c1-59-71(96)74(99)64(52-88)118-77(59)112-48-45-106-42-39-103-34-26-83-68(93)21-31-109-56-81(57-110-32-22-69(94)84-27-35-104-40-43-107-46-49-113-78-60(2)72(97)75(100)65(53-89)119-78,58-111-33-23-70(95)85-28-36-105-41-44-108-47-50-114-79-61(3)73(98)76(101)66(54-90)120-79)51-63(91)19-13-8-6-4-5-7-9-14-20-67(92)86-29-37-116-82(24-15-16-25-82)117-38-30-87-80(102)115-55-62-17-11-10-12-18-62/h10-12,17-18,59-61,64-66,71-79,88-90,96-101H,4-9,13-16,19-58H2,1-3H3,(H,83,93)(H,84,94)(H,85,95)(H,86,92)(H,87,102). The second-order valence-corrected chi connectivity index (χ2v) is 30.6. The number of hydrogen-bond acceptors (Lipinski definition) is 33. The smallest absolute Gasteiger partial charge is 0.407 e. The monoisotopic (exact) mass is 1730 g/mol. The Morgan fingerprint density at radius 3 is 1.08 bits per heavy atom. The van der Waals surface area contributed by atoms with Crippen LogP contribution in [0.5, 0.6) is 0 Å². The minimum atomic E-state index is -1.23. The largest absolute Gasteiger partial charge is 0.445 e. The molecular formula is C82H143N5O33. The molecule has 1 saturated carbocycles. The zero-order chi connectivity index (χ0) is 86.9. The highest BCUT2D eigenvalue weighted by molar-refractivity contribution is 5.79. The maximum Gasteiger partial charge on any atom is 0.407 e. The lowest BCUT2D eigenvalue weighted by Gasteiger charge is -2.40. The minimum Gasteiger partial charge on any atom is -0.445 e. The summed E-state index contributed by atoms with van der Waals surface area (Å²) in [4.78, 5) is 78.3. The fourth-order valence-corrected chi connectivity index (χ4v) is 13.7. The molecule has 38 heteroatoms. The van der Waals surface area contributed by atoms with Crippen molar-refractivity contribution < 1.29 is 160 Å². The third-order valence-electron chi connectivity index (χ3n) is 20.8. The van der Waals surface area contributed by atoms with Crippen LogP contribution in [0.2, 0.25) is 0 Å². The Kier molecular flexibility index (Phi) is 56.1. The van der Waals surface area contributed by atoms with E-state index in [0.717, 1.165) is 76.2 Å². The highest BCUT2D eigenvalue weighted by atomic mass is 16.7. The maximum atomic E-state index is 14.1. The first-order valence-electron chi connectivity index (χ1n) is 42.9. The number of aliphatic hydroxyl groups is 9. The maximum absolute atomic E-state index is 14.1. The van der Waals surface area contributed by atoms with Gasteiger partial charge in [0.2, 0.25) is 23.6 Å². The summed E-state index contributed by atoms with van der Waals surface area (Å²) in [5.41, 5.74) is -0.236. The first-order chi connectivity index (χ1) is 58.1. The van der Waals surface area contributed by atoms with Gasteiger partial charge in [-0.05, 0) is 31.2 Å². The van der Waals surface area contributed by atoms with Crippen LogP contribution in [0.25, 0.3) is 0 Å². The number of unbranched alkanes of at least 4 members (excludes halogenated alkanes) is 7. The van der Waals surface area contributed by atoms with E-state index in [0.29, 0.717) is 26.0 Å². The van der Waals surface area contributed by atoms with E-state index >= 15 is 0 Å². The molecule has 14 N–H and O–H groups in total. The van der Waals surface area contributed by atoms with Gasteiger partial charge in [0.1, 0.15) is 49.0 Å². The van der Waals surface area contributed by atoms with Crippen molar-refractivity contribution in [2.24, 2.45) is 23.2 Å². The van der Waals surface area contributed by atoms with Crippen molar-refractivity contribution in [1.29, 1.82) is 0 Å². The molecule has 0 bridgehead atoms. The number of ketones is 1. The Balaban J connectivity index is 1.05. The molecule has 0 radical (unpaired) electrons. The molecule has 3 heterocycles. The number of Topliss-reactive ketones (excluding diaryl/α,β-unsaturated/α-hetero) is 1. The van der Waals surface area contributed by atoms with Crippen LogP contribution in [0.3, 0.4) is 0 Å². The van der Waals surface area contributed by atoms with Gasteiger partial charge < -0.3 is 158 Å². The van der Waals surface area contributed by atoms with Crippen LogP contribution in [0, 0.1) is 23.2 Å². The molecule has 3 aliphatic heterocycles. The number of nitrogens with one attached hydrogen (secondary N) is 5. The number of aliphatic hydroxyl groups excluding tert-OH is 9. The topological polar surface area (TPSA) is 511 Å². The van der Waals surface area contributed by atoms with Crippen LogP contribution in [-0.2, 0) is 116 Å². The second kappa shape index (κ2) is 63.8. The van der Waals surface area contributed by atoms with Gasteiger partial charge >= 0.3 is 6.09 Å². The summed E-state index contributed by atoms with van der Waals surface area (Å²) < 4.78 is 103. The van der Waals surface area contributed by atoms with Gasteiger partial charge in [0, 0.05) is 107 Å². The zero-order valence-electron chi connectivity index (χ0n) is 70.7. The Hall–Kier alpha value is -5.00. The molecule has 120 heavy (non-hydrogen) atoms. The molecule has 0 aromatic heterocycles. The minimum absolute atomic E-state index is 0.0432. The van der Waals surface area contributed by atoms with Gasteiger partial charge in [-0.3, -0.25) is 24.0 Å². The van der Waals surface area contributed by atoms with Gasteiger partial charge in [-0.15, -0.1) is 0 Å². The molecule has 5 amide bonds. The van der Waals surface area contributed by atoms with Gasteiger partial charge in [0.25, 0.3) is 0 Å². The molecule has 4 fully saturated rings. The summed E-state index contributed by atoms with van der Waals surface area (Å²) in [6.07, 6.45) is -2.40. The van der Waals surface area contributed by atoms with E-state index in [1.165, 1.54) is 0 Å². The molecule has 3 saturated heterocycles. The van der Waals surface area contributed by atoms with Crippen LogP contribution >= 0.6 is 0 Å². The van der Waals surface area contributed by atoms with Gasteiger partial charge in [-0.25, -0.2) is 4.79 Å². The molecule has 15 unspecified atom stereocenters. The number of carbonyl (C=O) groups is 6. The van der Waals surface area contributed by atoms with Crippen LogP contribution < -0.4 is 26.6 Å². The number of amides is 5. The molecule has 38 nitrogen and oxygen atoms in total. The Bertz CT molecular complexity index is 2660. The van der Waals surface area contributed by atoms with Crippen molar-refractivity contribution in [3.8, 4) is 0 Å². The van der Waals surface area contributed by atoms with Crippen molar-refractivity contribution >= 4 is 35.5 Å². The molecule has 1 aromatic rings. The SMILES string of the molecule is CC1C(OCCOCCOCCNC(=O)CCOCC(COCCC(=O)NCCOCCOCCOC2OC(CO)C(O)C(O)C2C)(COCCC(=O)NCCOCCOCCOC2OC(CO)C(O)C(O)C2C)CC(=O)CCCCCCCCCCC(=O)NCCOC2(OCCNC(=O)OCc3ccccc3)CCCC2)OC(CO)C(O)C1O. The van der Waals surface area contributed by atoms with Crippen LogP contribution in [-0.4, -0.2) is 366 Å². The number of hydrogen-bond donors (Lipinski definition) is 14. The van der Waals surface area contributed by atoms with E-state index in [2.05, 4.69) is 26.6 Å². The summed E-state index contributed by atoms with van der Waals surface area (Å²) in [6, 6.07) is 9.42. The first-order valence-corrected chi connectivity index (χ1v) is 42.9. The van der Waals surface area contributed by atoms with Crippen LogP contribution in [0.4, 0.5) is 4.79 Å². The number of carbonyl (C=O) groups excluding carboxylic acids is 6. The number of alkyl carbamates (subject to hydrolysis) is 1. The molecule has 694 valence electrons. The highest BCUT2D eigenvalue weighted by Gasteiger charge is 2.45. The Labute approximate surface area is 705 Å². The van der Waals surface area contributed by atoms with E-state index in [4.69, 9.17) is 85.3 Å². The highest BCUT2D eigenvalue weighted by Crippen LogP contribution is 2.35. The Morgan fingerprint density at radius 2 is 0.708 bits per heavy atom. The first kappa shape index (κ1) is 106. The van der Waals surface area contributed by atoms with Gasteiger partial charge in [0.15, 0.2) is 24.7 Å².